The van der Waals surface area contributed by atoms with E-state index >= 15 is 0 Å². The summed E-state index contributed by atoms with van der Waals surface area (Å²) in [7, 11) is -2.87. The van der Waals surface area contributed by atoms with Crippen molar-refractivity contribution in [1.82, 2.24) is 9.97 Å². The molecule has 0 saturated heterocycles. The maximum absolute atomic E-state index is 12.5. The molecule has 0 atom stereocenters. The van der Waals surface area contributed by atoms with Crippen molar-refractivity contribution < 1.29 is 22.1 Å². The molecule has 1 heterocycles. The zero-order valence-electron chi connectivity index (χ0n) is 13.2. The number of aryl methyl sites for hydroxylation is 1. The molecule has 0 radical (unpaired) electrons. The highest BCUT2D eigenvalue weighted by Gasteiger charge is 2.22. The lowest BCUT2D eigenvalue weighted by Crippen LogP contribution is -2.10. The predicted octanol–water partition coefficient (Wildman–Crippen LogP) is 3.08. The Morgan fingerprint density at radius 2 is 2.00 bits per heavy atom. The van der Waals surface area contributed by atoms with Crippen molar-refractivity contribution in [1.29, 1.82) is 0 Å². The first-order chi connectivity index (χ1) is 11.8. The Morgan fingerprint density at radius 3 is 2.72 bits per heavy atom. The molecule has 9 heteroatoms. The van der Waals surface area contributed by atoms with Crippen LogP contribution in [-0.2, 0) is 14.9 Å². The van der Waals surface area contributed by atoms with Crippen molar-refractivity contribution in [3.63, 3.8) is 0 Å². The van der Waals surface area contributed by atoms with Crippen LogP contribution >= 0.6 is 11.6 Å². The van der Waals surface area contributed by atoms with E-state index in [9.17, 15) is 13.2 Å². The number of carbonyl (C=O) groups is 1. The Bertz CT molecular complexity index is 1080. The van der Waals surface area contributed by atoms with Crippen molar-refractivity contribution in [2.75, 3.05) is 7.11 Å². The second-order valence-electron chi connectivity index (χ2n) is 5.18. The summed E-state index contributed by atoms with van der Waals surface area (Å²) < 4.78 is 34.7. The second-order valence-corrected chi connectivity index (χ2v) is 7.07. The summed E-state index contributed by atoms with van der Waals surface area (Å²) in [5, 5.41) is 0.109. The van der Waals surface area contributed by atoms with Crippen LogP contribution in [0.2, 0.25) is 5.02 Å². The fourth-order valence-corrected chi connectivity index (χ4v) is 3.70. The van der Waals surface area contributed by atoms with Gasteiger partial charge in [0, 0.05) is 6.07 Å². The van der Waals surface area contributed by atoms with Gasteiger partial charge in [-0.05, 0) is 30.7 Å². The quantitative estimate of drug-likeness (QED) is 0.551. The number of carbonyl (C=O) groups excluding carboxylic acids is 1. The topological polar surface area (TPSA) is 98.3 Å². The number of halogens is 1. The number of ether oxygens (including phenoxy) is 1. The Hall–Kier alpha value is -2.58. The number of aromatic nitrogens is 2. The van der Waals surface area contributed by atoms with Crippen molar-refractivity contribution in [2.45, 2.75) is 11.8 Å². The van der Waals surface area contributed by atoms with Gasteiger partial charge in [0.2, 0.25) is 5.82 Å². The molecular weight excluding hydrogens is 368 g/mol. The number of rotatable bonds is 4. The first-order valence-corrected chi connectivity index (χ1v) is 8.88. The van der Waals surface area contributed by atoms with E-state index in [1.165, 1.54) is 31.4 Å². The molecule has 0 aliphatic rings. The number of H-pyrrole nitrogens is 1. The van der Waals surface area contributed by atoms with Gasteiger partial charge in [-0.3, -0.25) is 0 Å². The minimum absolute atomic E-state index is 0.0132. The number of nitrogens with one attached hydrogen (secondary N) is 1. The van der Waals surface area contributed by atoms with Crippen LogP contribution < -0.4 is 4.18 Å². The van der Waals surface area contributed by atoms with Crippen LogP contribution in [0.3, 0.4) is 0 Å². The fraction of sp³-hybridized carbons (Fsp3) is 0.125. The van der Waals surface area contributed by atoms with E-state index in [2.05, 4.69) is 14.7 Å². The Labute approximate surface area is 148 Å². The third-order valence-electron chi connectivity index (χ3n) is 3.46. The molecule has 0 aliphatic heterocycles. The van der Waals surface area contributed by atoms with Gasteiger partial charge in [-0.15, -0.1) is 0 Å². The molecule has 0 unspecified atom stereocenters. The maximum atomic E-state index is 12.5. The molecule has 0 fully saturated rings. The van der Waals surface area contributed by atoms with Gasteiger partial charge in [0.15, 0.2) is 0 Å². The molecule has 0 saturated carbocycles. The van der Waals surface area contributed by atoms with Gasteiger partial charge in [0.1, 0.15) is 10.6 Å². The smallest absolute Gasteiger partial charge is 0.374 e. The van der Waals surface area contributed by atoms with Crippen LogP contribution in [0, 0.1) is 6.92 Å². The number of aromatic amines is 1. The van der Waals surface area contributed by atoms with Crippen molar-refractivity contribution in [2.24, 2.45) is 0 Å². The molecular formula is C16H13ClN2O5S. The number of imidazole rings is 1. The number of nitrogens with zero attached hydrogens (tertiary/aromatic N) is 1. The lowest BCUT2D eigenvalue weighted by atomic mass is 10.2. The van der Waals surface area contributed by atoms with Crippen LogP contribution in [0.5, 0.6) is 5.75 Å². The number of methoxy groups -OCH3 is 1. The molecule has 0 bridgehead atoms. The number of hydrogen-bond acceptors (Lipinski definition) is 6. The number of hydrogen-bond donors (Lipinski definition) is 1. The fourth-order valence-electron chi connectivity index (χ4n) is 2.22. The first kappa shape index (κ1) is 17.2. The molecule has 0 amide bonds. The first-order valence-electron chi connectivity index (χ1n) is 7.09. The molecule has 0 aliphatic carbocycles. The lowest BCUT2D eigenvalue weighted by Gasteiger charge is -2.09. The maximum Gasteiger partial charge on any atom is 0.374 e. The van der Waals surface area contributed by atoms with E-state index in [4.69, 9.17) is 15.8 Å². The molecule has 1 N–H and O–H groups in total. The summed E-state index contributed by atoms with van der Waals surface area (Å²) in [6.45, 7) is 1.70. The van der Waals surface area contributed by atoms with Crippen molar-refractivity contribution >= 4 is 38.7 Å². The van der Waals surface area contributed by atoms with E-state index in [0.29, 0.717) is 16.6 Å². The molecule has 7 nitrogen and oxygen atoms in total. The molecule has 3 aromatic rings. The van der Waals surface area contributed by atoms with Gasteiger partial charge in [-0.25, -0.2) is 9.78 Å². The highest BCUT2D eigenvalue weighted by atomic mass is 35.5. The molecule has 3 rings (SSSR count). The monoisotopic (exact) mass is 380 g/mol. The normalized spacial score (nSPS) is 11.5. The van der Waals surface area contributed by atoms with Gasteiger partial charge in [0.25, 0.3) is 0 Å². The summed E-state index contributed by atoms with van der Waals surface area (Å²) in [5.41, 5.74) is 1.53. The van der Waals surface area contributed by atoms with Crippen molar-refractivity contribution in [3.05, 3.63) is 52.8 Å². The van der Waals surface area contributed by atoms with Gasteiger partial charge in [0.05, 0.1) is 23.2 Å². The second kappa shape index (κ2) is 6.38. The van der Waals surface area contributed by atoms with Crippen LogP contribution in [0.15, 0.2) is 41.3 Å². The van der Waals surface area contributed by atoms with E-state index in [0.717, 1.165) is 0 Å². The summed E-state index contributed by atoms with van der Waals surface area (Å²) in [5.74, 6) is -0.554. The third-order valence-corrected chi connectivity index (χ3v) is 5.37. The molecule has 0 spiro atoms. The SMILES string of the molecule is COC(=O)c1nc2ccc(OS(=O)(=O)c3cccc(C)c3Cl)cc2[nH]1. The van der Waals surface area contributed by atoms with E-state index < -0.39 is 16.1 Å². The number of esters is 1. The minimum Gasteiger partial charge on any atom is -0.463 e. The Morgan fingerprint density at radius 1 is 1.24 bits per heavy atom. The molecule has 2 aromatic carbocycles. The zero-order valence-corrected chi connectivity index (χ0v) is 14.8. The average Bonchev–Trinajstić information content (AvgIpc) is 2.99. The lowest BCUT2D eigenvalue weighted by molar-refractivity contribution is 0.0588. The summed E-state index contributed by atoms with van der Waals surface area (Å²) >= 11 is 6.07. The van der Waals surface area contributed by atoms with Gasteiger partial charge < -0.3 is 13.9 Å². The predicted molar refractivity (Wildman–Crippen MR) is 91.4 cm³/mol. The summed E-state index contributed by atoms with van der Waals surface area (Å²) in [6, 6.07) is 9.04. The summed E-state index contributed by atoms with van der Waals surface area (Å²) in [4.78, 5) is 18.2. The largest absolute Gasteiger partial charge is 0.463 e. The minimum atomic E-state index is -4.11. The van der Waals surface area contributed by atoms with Gasteiger partial charge >= 0.3 is 16.1 Å². The Kier molecular flexibility index (Phi) is 4.40. The number of fused-ring (bicyclic) bond motifs is 1. The molecule has 1 aromatic heterocycles. The Balaban J connectivity index is 1.97. The zero-order chi connectivity index (χ0) is 18.2. The van der Waals surface area contributed by atoms with Gasteiger partial charge in [-0.2, -0.15) is 8.42 Å². The van der Waals surface area contributed by atoms with Crippen LogP contribution in [0.4, 0.5) is 0 Å². The van der Waals surface area contributed by atoms with Crippen molar-refractivity contribution in [3.8, 4) is 5.75 Å². The standard InChI is InChI=1S/C16H13ClN2O5S/c1-9-4-3-5-13(14(9)17)25(21,22)24-10-6-7-11-12(8-10)19-15(18-11)16(20)23-2/h3-8H,1-2H3,(H,18,19). The van der Waals surface area contributed by atoms with E-state index in [1.807, 2.05) is 0 Å². The molecule has 130 valence electrons. The van der Waals surface area contributed by atoms with Crippen LogP contribution in [0.1, 0.15) is 16.2 Å². The summed E-state index contributed by atoms with van der Waals surface area (Å²) in [6.07, 6.45) is 0. The third kappa shape index (κ3) is 3.31. The van der Waals surface area contributed by atoms with Crippen LogP contribution in [0.25, 0.3) is 11.0 Å². The highest BCUT2D eigenvalue weighted by molar-refractivity contribution is 7.87. The molecule has 25 heavy (non-hydrogen) atoms. The van der Waals surface area contributed by atoms with Gasteiger partial charge in [-0.1, -0.05) is 23.7 Å². The van der Waals surface area contributed by atoms with E-state index in [-0.39, 0.29) is 21.5 Å². The number of benzene rings is 2. The average molecular weight is 381 g/mol. The highest BCUT2D eigenvalue weighted by Crippen LogP contribution is 2.28. The van der Waals surface area contributed by atoms with E-state index in [1.54, 1.807) is 19.1 Å². The van der Waals surface area contributed by atoms with Crippen LogP contribution in [-0.4, -0.2) is 31.5 Å².